The largest absolute Gasteiger partial charge is 0.363 e. The van der Waals surface area contributed by atoms with Crippen LogP contribution in [0.2, 0.25) is 0 Å². The zero-order valence-electron chi connectivity index (χ0n) is 22.3. The minimum atomic E-state index is -1.03. The summed E-state index contributed by atoms with van der Waals surface area (Å²) in [5.74, 6) is -3.60. The van der Waals surface area contributed by atoms with Crippen LogP contribution >= 0.6 is 0 Å². The van der Waals surface area contributed by atoms with Crippen molar-refractivity contribution in [3.8, 4) is 22.5 Å². The molecular weight excluding hydrogens is 530 g/mol. The number of nitrogens with one attached hydrogen (secondary N) is 2. The van der Waals surface area contributed by atoms with Crippen LogP contribution in [0.3, 0.4) is 0 Å². The summed E-state index contributed by atoms with van der Waals surface area (Å²) in [6, 6.07) is 26.2. The zero-order valence-corrected chi connectivity index (χ0v) is 22.3. The van der Waals surface area contributed by atoms with Gasteiger partial charge in [0.2, 0.25) is 0 Å². The normalized spacial score (nSPS) is 11.5. The van der Waals surface area contributed by atoms with Gasteiger partial charge in [0.1, 0.15) is 0 Å². The number of aromatic nitrogens is 3. The Morgan fingerprint density at radius 2 is 0.976 bits per heavy atom. The second kappa shape index (κ2) is 9.03. The smallest absolute Gasteiger partial charge is 0.289 e. The standard InChI is InChI=1S/C33H23N5O4/c1-38-24-12-10-16(28-26(30(39)32(34)41)18-6-2-4-8-22(18)36-28)14-20(24)21-15-17(11-13-25(21)38)29-27(31(40)33(35)42)19-7-3-5-9-23(19)37-29/h2-15,36-37H,1H3,(H2,34,41)(H2,35,42). The first-order valence-corrected chi connectivity index (χ1v) is 13.2. The number of nitrogens with zero attached hydrogens (tertiary/aromatic N) is 1. The highest BCUT2D eigenvalue weighted by atomic mass is 16.2. The van der Waals surface area contributed by atoms with Gasteiger partial charge in [0.25, 0.3) is 23.4 Å². The number of hydrogen-bond donors (Lipinski definition) is 4. The van der Waals surface area contributed by atoms with Crippen molar-refractivity contribution >= 4 is 67.0 Å². The Kier molecular flexibility index (Phi) is 5.39. The van der Waals surface area contributed by atoms with Crippen molar-refractivity contribution in [3.63, 3.8) is 0 Å². The van der Waals surface area contributed by atoms with Gasteiger partial charge in [-0.25, -0.2) is 0 Å². The van der Waals surface area contributed by atoms with Gasteiger partial charge in [0.15, 0.2) is 0 Å². The Bertz CT molecular complexity index is 2160. The molecule has 0 bridgehead atoms. The molecule has 0 atom stereocenters. The number of primary amides is 2. The van der Waals surface area contributed by atoms with E-state index in [1.165, 1.54) is 0 Å². The molecule has 3 aromatic heterocycles. The number of carbonyl (C=O) groups excluding carboxylic acids is 4. The average molecular weight is 554 g/mol. The lowest BCUT2D eigenvalue weighted by Crippen LogP contribution is -2.23. The number of benzene rings is 4. The molecule has 0 aliphatic carbocycles. The van der Waals surface area contributed by atoms with Gasteiger partial charge in [-0.3, -0.25) is 19.2 Å². The number of Topliss-reactive ketones (excluding diaryl/α,β-unsaturated/α-hetero) is 2. The lowest BCUT2D eigenvalue weighted by molar-refractivity contribution is -0.114. The molecule has 7 aromatic rings. The van der Waals surface area contributed by atoms with E-state index >= 15 is 0 Å². The molecule has 0 fully saturated rings. The third-order valence-corrected chi connectivity index (χ3v) is 7.90. The molecule has 4 aromatic carbocycles. The average Bonchev–Trinajstić information content (AvgIpc) is 3.66. The van der Waals surface area contributed by atoms with Gasteiger partial charge in [0, 0.05) is 50.7 Å². The van der Waals surface area contributed by atoms with E-state index < -0.39 is 23.4 Å². The van der Waals surface area contributed by atoms with Crippen LogP contribution in [0.5, 0.6) is 0 Å². The molecule has 0 saturated carbocycles. The lowest BCUT2D eigenvalue weighted by Gasteiger charge is -2.05. The van der Waals surface area contributed by atoms with E-state index in [1.807, 2.05) is 67.7 Å². The van der Waals surface area contributed by atoms with Crippen molar-refractivity contribution in [3.05, 3.63) is 96.1 Å². The van der Waals surface area contributed by atoms with E-state index in [1.54, 1.807) is 24.3 Å². The summed E-state index contributed by atoms with van der Waals surface area (Å²) in [6.45, 7) is 0. The van der Waals surface area contributed by atoms with Crippen molar-refractivity contribution in [2.75, 3.05) is 0 Å². The summed E-state index contributed by atoms with van der Waals surface area (Å²) in [4.78, 5) is 56.4. The van der Waals surface area contributed by atoms with Gasteiger partial charge < -0.3 is 26.0 Å². The first-order valence-electron chi connectivity index (χ1n) is 13.2. The molecule has 0 aliphatic rings. The molecule has 3 heterocycles. The highest BCUT2D eigenvalue weighted by molar-refractivity contribution is 6.46. The molecule has 0 saturated heterocycles. The number of amides is 2. The van der Waals surface area contributed by atoms with Crippen LogP contribution in [0, 0.1) is 0 Å². The molecule has 9 heteroatoms. The van der Waals surface area contributed by atoms with Gasteiger partial charge in [-0.05, 0) is 47.5 Å². The fraction of sp³-hybridized carbons (Fsp3) is 0.0303. The molecule has 9 nitrogen and oxygen atoms in total. The molecule has 0 radical (unpaired) electrons. The zero-order chi connectivity index (χ0) is 29.3. The predicted molar refractivity (Wildman–Crippen MR) is 162 cm³/mol. The maximum Gasteiger partial charge on any atom is 0.289 e. The monoisotopic (exact) mass is 553 g/mol. The Hall–Kier alpha value is -5.96. The maximum atomic E-state index is 12.9. The van der Waals surface area contributed by atoms with Crippen molar-refractivity contribution in [2.24, 2.45) is 18.5 Å². The second-order valence-electron chi connectivity index (χ2n) is 10.3. The molecule has 7 rings (SSSR count). The van der Waals surface area contributed by atoms with Gasteiger partial charge >= 0.3 is 0 Å². The fourth-order valence-electron chi connectivity index (χ4n) is 5.96. The summed E-state index contributed by atoms with van der Waals surface area (Å²) in [5, 5.41) is 3.01. The third-order valence-electron chi connectivity index (χ3n) is 7.90. The predicted octanol–water partition coefficient (Wildman–Crippen LogP) is 4.96. The fourth-order valence-corrected chi connectivity index (χ4v) is 5.96. The highest BCUT2D eigenvalue weighted by Gasteiger charge is 2.25. The molecule has 0 aliphatic heterocycles. The van der Waals surface area contributed by atoms with Gasteiger partial charge in [-0.15, -0.1) is 0 Å². The molecule has 0 spiro atoms. The van der Waals surface area contributed by atoms with Crippen LogP contribution < -0.4 is 11.5 Å². The number of hydrogen-bond acceptors (Lipinski definition) is 4. The van der Waals surface area contributed by atoms with E-state index in [9.17, 15) is 19.2 Å². The molecule has 42 heavy (non-hydrogen) atoms. The van der Waals surface area contributed by atoms with Crippen LogP contribution in [0.15, 0.2) is 84.9 Å². The van der Waals surface area contributed by atoms with Crippen LogP contribution in [-0.4, -0.2) is 37.9 Å². The van der Waals surface area contributed by atoms with Crippen molar-refractivity contribution < 1.29 is 19.2 Å². The summed E-state index contributed by atoms with van der Waals surface area (Å²) < 4.78 is 2.06. The summed E-state index contributed by atoms with van der Waals surface area (Å²) in [5.41, 5.74) is 17.0. The summed E-state index contributed by atoms with van der Waals surface area (Å²) in [6.07, 6.45) is 0. The first-order chi connectivity index (χ1) is 20.2. The molecular formula is C33H23N5O4. The molecule has 0 unspecified atom stereocenters. The van der Waals surface area contributed by atoms with Gasteiger partial charge in [0.05, 0.1) is 22.5 Å². The van der Waals surface area contributed by atoms with Crippen LogP contribution in [0.1, 0.15) is 20.7 Å². The summed E-state index contributed by atoms with van der Waals surface area (Å²) in [7, 11) is 1.96. The maximum absolute atomic E-state index is 12.9. The number of para-hydroxylation sites is 2. The van der Waals surface area contributed by atoms with E-state index in [4.69, 9.17) is 11.5 Å². The Balaban J connectivity index is 1.48. The Morgan fingerprint density at radius 1 is 0.571 bits per heavy atom. The van der Waals surface area contributed by atoms with Crippen molar-refractivity contribution in [1.82, 2.24) is 14.5 Å². The number of aryl methyl sites for hydroxylation is 1. The minimum absolute atomic E-state index is 0.228. The van der Waals surface area contributed by atoms with Gasteiger partial charge in [-0.1, -0.05) is 48.5 Å². The van der Waals surface area contributed by atoms with Gasteiger partial charge in [-0.2, -0.15) is 0 Å². The lowest BCUT2D eigenvalue weighted by atomic mass is 9.98. The number of fused-ring (bicyclic) bond motifs is 5. The SMILES string of the molecule is Cn1c2ccc(-c3[nH]c4ccccc4c3C(=O)C(N)=O)cc2c2cc(-c3[nH]c4ccccc4c3C(=O)C(N)=O)ccc21. The van der Waals surface area contributed by atoms with E-state index in [-0.39, 0.29) is 11.1 Å². The number of rotatable bonds is 6. The molecule has 204 valence electrons. The molecule has 6 N–H and O–H groups in total. The topological polar surface area (TPSA) is 157 Å². The summed E-state index contributed by atoms with van der Waals surface area (Å²) >= 11 is 0. The van der Waals surface area contributed by atoms with Crippen LogP contribution in [0.25, 0.3) is 66.1 Å². The number of ketones is 2. The van der Waals surface area contributed by atoms with Crippen molar-refractivity contribution in [1.29, 1.82) is 0 Å². The first kappa shape index (κ1) is 25.0. The molecule has 2 amide bonds. The number of nitrogens with two attached hydrogens (primary N) is 2. The van der Waals surface area contributed by atoms with Crippen LogP contribution in [0.4, 0.5) is 0 Å². The quantitative estimate of drug-likeness (QED) is 0.169. The van der Waals surface area contributed by atoms with Crippen LogP contribution in [-0.2, 0) is 16.6 Å². The number of H-pyrrole nitrogens is 2. The van der Waals surface area contributed by atoms with Crippen molar-refractivity contribution in [2.45, 2.75) is 0 Å². The van der Waals surface area contributed by atoms with E-state index in [0.29, 0.717) is 44.3 Å². The highest BCUT2D eigenvalue weighted by Crippen LogP contribution is 2.38. The minimum Gasteiger partial charge on any atom is -0.363 e. The van der Waals surface area contributed by atoms with E-state index in [2.05, 4.69) is 14.5 Å². The third kappa shape index (κ3) is 3.57. The number of aromatic amines is 2. The second-order valence-corrected chi connectivity index (χ2v) is 10.3. The number of carbonyl (C=O) groups is 4. The Labute approximate surface area is 237 Å². The Morgan fingerprint density at radius 3 is 1.38 bits per heavy atom. The van der Waals surface area contributed by atoms with E-state index in [0.717, 1.165) is 21.8 Å².